The molecule has 0 saturated heterocycles. The second kappa shape index (κ2) is 6.67. The second-order valence-corrected chi connectivity index (χ2v) is 6.32. The highest BCUT2D eigenvalue weighted by Gasteiger charge is 2.22. The number of carbonyl (C=O) groups is 1. The summed E-state index contributed by atoms with van der Waals surface area (Å²) in [5.74, 6) is -2.06. The number of halogens is 1. The molecule has 112 valence electrons. The molecule has 0 aliphatic rings. The van der Waals surface area contributed by atoms with Crippen LogP contribution in [0, 0.1) is 5.82 Å². The summed E-state index contributed by atoms with van der Waals surface area (Å²) in [5, 5.41) is 2.48. The molecular formula is C12H17FN2O4S. The molecule has 3 N–H and O–H groups in total. The van der Waals surface area contributed by atoms with Crippen LogP contribution < -0.4 is 11.1 Å². The first-order valence-corrected chi connectivity index (χ1v) is 7.47. The average molecular weight is 304 g/mol. The summed E-state index contributed by atoms with van der Waals surface area (Å²) in [5.41, 5.74) is 5.24. The Hall–Kier alpha value is -1.67. The first kappa shape index (κ1) is 16.4. The zero-order valence-corrected chi connectivity index (χ0v) is 12.0. The number of methoxy groups -OCH3 is 1. The standard InChI is InChI=1S/C12H17FN2O4S/c1-8(6-19-2)15-12(16)7-20(17,18)11-4-3-9(13)5-10(11)14/h3-5,8H,6-7,14H2,1-2H3,(H,15,16). The second-order valence-electron chi connectivity index (χ2n) is 4.37. The molecule has 0 aromatic heterocycles. The quantitative estimate of drug-likeness (QED) is 0.583. The number of hydrogen-bond acceptors (Lipinski definition) is 5. The first-order valence-electron chi connectivity index (χ1n) is 5.82. The van der Waals surface area contributed by atoms with Gasteiger partial charge in [0.2, 0.25) is 5.91 Å². The summed E-state index contributed by atoms with van der Waals surface area (Å²) in [6, 6.07) is 2.62. The lowest BCUT2D eigenvalue weighted by Crippen LogP contribution is -2.39. The number of nitrogens with one attached hydrogen (secondary N) is 1. The van der Waals surface area contributed by atoms with Gasteiger partial charge in [-0.2, -0.15) is 0 Å². The van der Waals surface area contributed by atoms with Crippen molar-refractivity contribution in [2.75, 3.05) is 25.2 Å². The highest BCUT2D eigenvalue weighted by Crippen LogP contribution is 2.20. The molecule has 8 heteroatoms. The molecule has 0 aliphatic heterocycles. The van der Waals surface area contributed by atoms with Crippen molar-refractivity contribution in [3.63, 3.8) is 0 Å². The molecule has 0 radical (unpaired) electrons. The molecule has 0 aliphatic carbocycles. The van der Waals surface area contributed by atoms with E-state index < -0.39 is 27.3 Å². The van der Waals surface area contributed by atoms with Crippen LogP contribution >= 0.6 is 0 Å². The van der Waals surface area contributed by atoms with Gasteiger partial charge in [0.15, 0.2) is 9.84 Å². The maximum Gasteiger partial charge on any atom is 0.235 e. The number of benzene rings is 1. The molecule has 1 amide bonds. The van der Waals surface area contributed by atoms with Gasteiger partial charge in [-0.05, 0) is 25.1 Å². The molecule has 0 bridgehead atoms. The number of carbonyl (C=O) groups excluding carboxylic acids is 1. The fourth-order valence-electron chi connectivity index (χ4n) is 1.66. The number of hydrogen-bond donors (Lipinski definition) is 2. The van der Waals surface area contributed by atoms with Crippen LogP contribution in [-0.4, -0.2) is 39.8 Å². The monoisotopic (exact) mass is 304 g/mol. The fraction of sp³-hybridized carbons (Fsp3) is 0.417. The Bertz CT molecular complexity index is 589. The molecule has 0 heterocycles. The third kappa shape index (κ3) is 4.46. The lowest BCUT2D eigenvalue weighted by molar-refractivity contribution is -0.119. The molecule has 0 spiro atoms. The number of rotatable bonds is 6. The number of nitrogen functional groups attached to an aromatic ring is 1. The maximum atomic E-state index is 12.9. The lowest BCUT2D eigenvalue weighted by Gasteiger charge is -2.13. The Labute approximate surface area is 117 Å². The summed E-state index contributed by atoms with van der Waals surface area (Å²) in [6.45, 7) is 1.95. The van der Waals surface area contributed by atoms with E-state index in [4.69, 9.17) is 10.5 Å². The third-order valence-corrected chi connectivity index (χ3v) is 4.14. The van der Waals surface area contributed by atoms with Gasteiger partial charge >= 0.3 is 0 Å². The van der Waals surface area contributed by atoms with Gasteiger partial charge in [-0.3, -0.25) is 4.79 Å². The number of anilines is 1. The van der Waals surface area contributed by atoms with Crippen molar-refractivity contribution < 1.29 is 22.3 Å². The van der Waals surface area contributed by atoms with Crippen LogP contribution in [0.25, 0.3) is 0 Å². The Morgan fingerprint density at radius 1 is 1.50 bits per heavy atom. The van der Waals surface area contributed by atoms with Crippen LogP contribution in [0.15, 0.2) is 23.1 Å². The van der Waals surface area contributed by atoms with Gasteiger partial charge in [-0.25, -0.2) is 12.8 Å². The van der Waals surface area contributed by atoms with Crippen molar-refractivity contribution in [1.29, 1.82) is 0 Å². The van der Waals surface area contributed by atoms with Crippen molar-refractivity contribution in [3.8, 4) is 0 Å². The van der Waals surface area contributed by atoms with E-state index in [2.05, 4.69) is 5.32 Å². The Balaban J connectivity index is 2.82. The zero-order valence-electron chi connectivity index (χ0n) is 11.2. The smallest absolute Gasteiger partial charge is 0.235 e. The first-order chi connectivity index (χ1) is 9.26. The van der Waals surface area contributed by atoms with Crippen LogP contribution in [-0.2, 0) is 19.4 Å². The van der Waals surface area contributed by atoms with Crippen molar-refractivity contribution in [2.24, 2.45) is 0 Å². The predicted octanol–water partition coefficient (Wildman–Crippen LogP) is 0.333. The molecule has 1 aromatic rings. The molecule has 20 heavy (non-hydrogen) atoms. The molecule has 1 unspecified atom stereocenters. The minimum absolute atomic E-state index is 0.220. The van der Waals surface area contributed by atoms with E-state index in [-0.39, 0.29) is 23.2 Å². The Morgan fingerprint density at radius 2 is 2.15 bits per heavy atom. The van der Waals surface area contributed by atoms with Gasteiger partial charge in [0.05, 0.1) is 17.2 Å². The van der Waals surface area contributed by atoms with E-state index >= 15 is 0 Å². The van der Waals surface area contributed by atoms with Crippen LogP contribution in [0.5, 0.6) is 0 Å². The molecule has 0 saturated carbocycles. The van der Waals surface area contributed by atoms with E-state index in [9.17, 15) is 17.6 Å². The number of nitrogens with two attached hydrogens (primary N) is 1. The summed E-state index contributed by atoms with van der Waals surface area (Å²) in [4.78, 5) is 11.4. The Kier molecular flexibility index (Phi) is 5.46. The minimum Gasteiger partial charge on any atom is -0.398 e. The summed E-state index contributed by atoms with van der Waals surface area (Å²) in [7, 11) is -2.44. The minimum atomic E-state index is -3.91. The largest absolute Gasteiger partial charge is 0.398 e. The summed E-state index contributed by atoms with van der Waals surface area (Å²) >= 11 is 0. The molecule has 1 rings (SSSR count). The zero-order chi connectivity index (χ0) is 15.3. The van der Waals surface area contributed by atoms with Crippen molar-refractivity contribution >= 4 is 21.4 Å². The highest BCUT2D eigenvalue weighted by atomic mass is 32.2. The van der Waals surface area contributed by atoms with Crippen LogP contribution in [0.4, 0.5) is 10.1 Å². The normalized spacial score (nSPS) is 12.9. The summed E-state index contributed by atoms with van der Waals surface area (Å²) in [6.07, 6.45) is 0. The van der Waals surface area contributed by atoms with E-state index in [1.54, 1.807) is 6.92 Å². The van der Waals surface area contributed by atoms with Gasteiger partial charge in [0.1, 0.15) is 11.6 Å². The van der Waals surface area contributed by atoms with E-state index in [1.807, 2.05) is 0 Å². The summed E-state index contributed by atoms with van der Waals surface area (Å²) < 4.78 is 41.8. The molecular weight excluding hydrogens is 287 g/mol. The highest BCUT2D eigenvalue weighted by molar-refractivity contribution is 7.92. The van der Waals surface area contributed by atoms with Gasteiger partial charge in [-0.1, -0.05) is 0 Å². The Morgan fingerprint density at radius 3 is 2.70 bits per heavy atom. The molecule has 1 atom stereocenters. The number of amides is 1. The van der Waals surface area contributed by atoms with Crippen LogP contribution in [0.2, 0.25) is 0 Å². The van der Waals surface area contributed by atoms with Gasteiger partial charge < -0.3 is 15.8 Å². The van der Waals surface area contributed by atoms with E-state index in [1.165, 1.54) is 7.11 Å². The maximum absolute atomic E-state index is 12.9. The van der Waals surface area contributed by atoms with Crippen molar-refractivity contribution in [2.45, 2.75) is 17.9 Å². The number of ether oxygens (including phenoxy) is 1. The fourth-order valence-corrected chi connectivity index (χ4v) is 2.94. The van der Waals surface area contributed by atoms with Gasteiger partial charge in [0, 0.05) is 13.2 Å². The van der Waals surface area contributed by atoms with E-state index in [0.29, 0.717) is 0 Å². The average Bonchev–Trinajstić information content (AvgIpc) is 2.26. The molecule has 0 fully saturated rings. The van der Waals surface area contributed by atoms with Crippen LogP contribution in [0.3, 0.4) is 0 Å². The predicted molar refractivity (Wildman–Crippen MR) is 72.3 cm³/mol. The van der Waals surface area contributed by atoms with Crippen LogP contribution in [0.1, 0.15) is 6.92 Å². The van der Waals surface area contributed by atoms with Gasteiger partial charge in [-0.15, -0.1) is 0 Å². The SMILES string of the molecule is COCC(C)NC(=O)CS(=O)(=O)c1ccc(F)cc1N. The molecule has 1 aromatic carbocycles. The van der Waals surface area contributed by atoms with E-state index in [0.717, 1.165) is 18.2 Å². The lowest BCUT2D eigenvalue weighted by atomic mass is 10.3. The number of sulfone groups is 1. The third-order valence-electron chi connectivity index (χ3n) is 2.45. The van der Waals surface area contributed by atoms with Crippen molar-refractivity contribution in [1.82, 2.24) is 5.32 Å². The van der Waals surface area contributed by atoms with Crippen molar-refractivity contribution in [3.05, 3.63) is 24.0 Å². The molecule has 6 nitrogen and oxygen atoms in total. The van der Waals surface area contributed by atoms with Gasteiger partial charge in [0.25, 0.3) is 0 Å². The topological polar surface area (TPSA) is 98.5 Å².